The molecule has 0 saturated carbocycles. The van der Waals surface area contributed by atoms with Gasteiger partial charge in [-0.3, -0.25) is 0 Å². The Morgan fingerprint density at radius 1 is 0.857 bits per heavy atom. The molecule has 0 bridgehead atoms. The minimum atomic E-state index is 0.473. The van der Waals surface area contributed by atoms with Gasteiger partial charge in [0.15, 0.2) is 5.82 Å². The molecule has 0 atom stereocenters. The first-order chi connectivity index (χ1) is 9.95. The van der Waals surface area contributed by atoms with Gasteiger partial charge in [0.25, 0.3) is 0 Å². The van der Waals surface area contributed by atoms with E-state index in [0.717, 1.165) is 33.2 Å². The standard InChI is InChI=1S/C17H14Cl2N2/c1-9-6-11(3)15-14(7-9)16(19)21-17(20-15)13-8-12(18)5-4-10(13)2/h4-8H,1-3H3. The maximum absolute atomic E-state index is 6.36. The molecule has 3 aromatic rings. The van der Waals surface area contributed by atoms with Crippen LogP contribution in [-0.4, -0.2) is 9.97 Å². The van der Waals surface area contributed by atoms with Crippen LogP contribution in [0.15, 0.2) is 30.3 Å². The molecule has 2 aromatic carbocycles. The summed E-state index contributed by atoms with van der Waals surface area (Å²) in [5.74, 6) is 0.611. The highest BCUT2D eigenvalue weighted by atomic mass is 35.5. The summed E-state index contributed by atoms with van der Waals surface area (Å²) < 4.78 is 0. The number of rotatable bonds is 1. The van der Waals surface area contributed by atoms with Crippen LogP contribution in [-0.2, 0) is 0 Å². The van der Waals surface area contributed by atoms with Gasteiger partial charge in [-0.25, -0.2) is 9.97 Å². The summed E-state index contributed by atoms with van der Waals surface area (Å²) in [4.78, 5) is 9.15. The van der Waals surface area contributed by atoms with Gasteiger partial charge in [0.05, 0.1) is 5.52 Å². The molecule has 0 N–H and O–H groups in total. The zero-order valence-electron chi connectivity index (χ0n) is 12.0. The van der Waals surface area contributed by atoms with Gasteiger partial charge in [-0.05, 0) is 50.1 Å². The van der Waals surface area contributed by atoms with E-state index in [0.29, 0.717) is 16.0 Å². The van der Waals surface area contributed by atoms with E-state index in [9.17, 15) is 0 Å². The Kier molecular flexibility index (Phi) is 3.60. The van der Waals surface area contributed by atoms with Crippen LogP contribution in [0, 0.1) is 20.8 Å². The van der Waals surface area contributed by atoms with Crippen molar-refractivity contribution in [3.8, 4) is 11.4 Å². The lowest BCUT2D eigenvalue weighted by Gasteiger charge is -2.10. The van der Waals surface area contributed by atoms with Crippen molar-refractivity contribution in [2.75, 3.05) is 0 Å². The van der Waals surface area contributed by atoms with Crippen LogP contribution in [0.5, 0.6) is 0 Å². The zero-order chi connectivity index (χ0) is 15.1. The molecule has 1 heterocycles. The first-order valence-corrected chi connectivity index (χ1v) is 7.42. The average Bonchev–Trinajstić information content (AvgIpc) is 2.42. The minimum Gasteiger partial charge on any atom is -0.228 e. The van der Waals surface area contributed by atoms with Crippen molar-refractivity contribution >= 4 is 34.1 Å². The highest BCUT2D eigenvalue weighted by Gasteiger charge is 2.12. The van der Waals surface area contributed by atoms with E-state index < -0.39 is 0 Å². The number of hydrogen-bond donors (Lipinski definition) is 0. The molecule has 0 fully saturated rings. The minimum absolute atomic E-state index is 0.473. The first kappa shape index (κ1) is 14.3. The van der Waals surface area contributed by atoms with Gasteiger partial charge >= 0.3 is 0 Å². The van der Waals surface area contributed by atoms with Gasteiger partial charge in [0, 0.05) is 16.0 Å². The van der Waals surface area contributed by atoms with Crippen LogP contribution in [0.25, 0.3) is 22.3 Å². The third-order valence-electron chi connectivity index (χ3n) is 3.53. The number of fused-ring (bicyclic) bond motifs is 1. The molecule has 4 heteroatoms. The van der Waals surface area contributed by atoms with Crippen LogP contribution in [0.4, 0.5) is 0 Å². The Labute approximate surface area is 133 Å². The lowest BCUT2D eigenvalue weighted by Crippen LogP contribution is -1.96. The topological polar surface area (TPSA) is 25.8 Å². The van der Waals surface area contributed by atoms with Crippen molar-refractivity contribution in [1.82, 2.24) is 9.97 Å². The Morgan fingerprint density at radius 2 is 1.62 bits per heavy atom. The van der Waals surface area contributed by atoms with Crippen molar-refractivity contribution in [3.63, 3.8) is 0 Å². The molecule has 0 amide bonds. The van der Waals surface area contributed by atoms with Gasteiger partial charge in [0.1, 0.15) is 5.15 Å². The fourth-order valence-corrected chi connectivity index (χ4v) is 2.90. The predicted octanol–water partition coefficient (Wildman–Crippen LogP) is 5.53. The van der Waals surface area contributed by atoms with Crippen molar-refractivity contribution in [2.24, 2.45) is 0 Å². The molecule has 3 rings (SSSR count). The van der Waals surface area contributed by atoms with Crippen molar-refractivity contribution in [1.29, 1.82) is 0 Å². The SMILES string of the molecule is Cc1cc(C)c2nc(-c3cc(Cl)ccc3C)nc(Cl)c2c1. The Hall–Kier alpha value is -1.64. The number of hydrogen-bond acceptors (Lipinski definition) is 2. The third kappa shape index (κ3) is 2.61. The van der Waals surface area contributed by atoms with E-state index in [1.54, 1.807) is 0 Å². The summed E-state index contributed by atoms with van der Waals surface area (Å²) in [7, 11) is 0. The van der Waals surface area contributed by atoms with Gasteiger partial charge in [-0.2, -0.15) is 0 Å². The smallest absolute Gasteiger partial charge is 0.161 e. The van der Waals surface area contributed by atoms with E-state index in [1.807, 2.05) is 45.0 Å². The monoisotopic (exact) mass is 316 g/mol. The molecule has 0 saturated heterocycles. The number of aryl methyl sites for hydroxylation is 3. The Morgan fingerprint density at radius 3 is 2.38 bits per heavy atom. The van der Waals surface area contributed by atoms with Crippen LogP contribution in [0.2, 0.25) is 10.2 Å². The third-order valence-corrected chi connectivity index (χ3v) is 4.05. The first-order valence-electron chi connectivity index (χ1n) is 6.67. The van der Waals surface area contributed by atoms with Crippen molar-refractivity contribution in [3.05, 3.63) is 57.2 Å². The lowest BCUT2D eigenvalue weighted by atomic mass is 10.1. The highest BCUT2D eigenvalue weighted by Crippen LogP contribution is 2.30. The molecular formula is C17H14Cl2N2. The Balaban J connectivity index is 2.33. The highest BCUT2D eigenvalue weighted by molar-refractivity contribution is 6.34. The molecule has 0 aliphatic rings. The average molecular weight is 317 g/mol. The molecule has 0 aliphatic heterocycles. The van der Waals surface area contributed by atoms with E-state index in [-0.39, 0.29) is 0 Å². The molecule has 1 aromatic heterocycles. The predicted molar refractivity (Wildman–Crippen MR) is 89.2 cm³/mol. The maximum Gasteiger partial charge on any atom is 0.161 e. The van der Waals surface area contributed by atoms with Crippen molar-refractivity contribution in [2.45, 2.75) is 20.8 Å². The molecule has 0 aliphatic carbocycles. The normalized spacial score (nSPS) is 11.1. The second-order valence-electron chi connectivity index (χ2n) is 5.28. The fraction of sp³-hybridized carbons (Fsp3) is 0.176. The maximum atomic E-state index is 6.36. The summed E-state index contributed by atoms with van der Waals surface area (Å²) in [6, 6.07) is 9.80. The van der Waals surface area contributed by atoms with Gasteiger partial charge in [-0.1, -0.05) is 40.9 Å². The second-order valence-corrected chi connectivity index (χ2v) is 6.07. The summed E-state index contributed by atoms with van der Waals surface area (Å²) in [6.07, 6.45) is 0. The molecule has 0 unspecified atom stereocenters. The summed E-state index contributed by atoms with van der Waals surface area (Å²) in [6.45, 7) is 6.08. The van der Waals surface area contributed by atoms with E-state index in [1.165, 1.54) is 0 Å². The van der Waals surface area contributed by atoms with Crippen LogP contribution in [0.3, 0.4) is 0 Å². The number of nitrogens with zero attached hydrogens (tertiary/aromatic N) is 2. The fourth-order valence-electron chi connectivity index (χ4n) is 2.51. The summed E-state index contributed by atoms with van der Waals surface area (Å²) >= 11 is 12.5. The van der Waals surface area contributed by atoms with E-state index >= 15 is 0 Å². The quantitative estimate of drug-likeness (QED) is 0.552. The molecule has 0 radical (unpaired) electrons. The Bertz CT molecular complexity index is 857. The van der Waals surface area contributed by atoms with Crippen molar-refractivity contribution < 1.29 is 0 Å². The lowest BCUT2D eigenvalue weighted by molar-refractivity contribution is 1.20. The van der Waals surface area contributed by atoms with Gasteiger partial charge in [0.2, 0.25) is 0 Å². The van der Waals surface area contributed by atoms with E-state index in [2.05, 4.69) is 11.1 Å². The largest absolute Gasteiger partial charge is 0.228 e. The molecule has 106 valence electrons. The molecule has 21 heavy (non-hydrogen) atoms. The molecular weight excluding hydrogens is 303 g/mol. The van der Waals surface area contributed by atoms with E-state index in [4.69, 9.17) is 28.2 Å². The van der Waals surface area contributed by atoms with Crippen LogP contribution >= 0.6 is 23.2 Å². The molecule has 2 nitrogen and oxygen atoms in total. The zero-order valence-corrected chi connectivity index (χ0v) is 13.5. The van der Waals surface area contributed by atoms with Gasteiger partial charge in [-0.15, -0.1) is 0 Å². The summed E-state index contributed by atoms with van der Waals surface area (Å²) in [5, 5.41) is 2.02. The van der Waals surface area contributed by atoms with Gasteiger partial charge < -0.3 is 0 Å². The van der Waals surface area contributed by atoms with Crippen LogP contribution < -0.4 is 0 Å². The molecule has 0 spiro atoms. The number of aromatic nitrogens is 2. The number of benzene rings is 2. The number of halogens is 2. The summed E-state index contributed by atoms with van der Waals surface area (Å²) in [5.41, 5.74) is 5.10. The second kappa shape index (κ2) is 5.28. The van der Waals surface area contributed by atoms with Crippen LogP contribution in [0.1, 0.15) is 16.7 Å².